The van der Waals surface area contributed by atoms with Crippen molar-refractivity contribution in [3.8, 4) is 5.82 Å². The molecular formula is C15H19N7. The van der Waals surface area contributed by atoms with Gasteiger partial charge in [-0.25, -0.2) is 20.4 Å². The second-order valence-electron chi connectivity index (χ2n) is 6.06. The molecule has 4 N–H and O–H groups in total. The van der Waals surface area contributed by atoms with Crippen LogP contribution in [0.5, 0.6) is 0 Å². The van der Waals surface area contributed by atoms with Gasteiger partial charge in [0.2, 0.25) is 0 Å². The Hall–Kier alpha value is -2.67. The number of fused-ring (bicyclic) bond motifs is 1. The Bertz CT molecular complexity index is 801. The van der Waals surface area contributed by atoms with Gasteiger partial charge in [-0.05, 0) is 32.9 Å². The van der Waals surface area contributed by atoms with Gasteiger partial charge in [0, 0.05) is 5.54 Å². The zero-order chi connectivity index (χ0) is 15.7. The van der Waals surface area contributed by atoms with E-state index in [0.717, 1.165) is 11.0 Å². The molecule has 3 aromatic rings. The first kappa shape index (κ1) is 14.3. The van der Waals surface area contributed by atoms with Crippen molar-refractivity contribution in [1.29, 1.82) is 0 Å². The molecule has 1 aromatic carbocycles. The smallest absolute Gasteiger partial charge is 0.169 e. The van der Waals surface area contributed by atoms with Crippen molar-refractivity contribution in [3.63, 3.8) is 0 Å². The Labute approximate surface area is 128 Å². The third-order valence-corrected chi connectivity index (χ3v) is 3.10. The van der Waals surface area contributed by atoms with Gasteiger partial charge in [0.1, 0.15) is 18.3 Å². The van der Waals surface area contributed by atoms with Gasteiger partial charge in [-0.3, -0.25) is 4.57 Å². The fourth-order valence-electron chi connectivity index (χ4n) is 2.05. The summed E-state index contributed by atoms with van der Waals surface area (Å²) in [5, 5.41) is 0. The van der Waals surface area contributed by atoms with Gasteiger partial charge in [0.25, 0.3) is 0 Å². The lowest BCUT2D eigenvalue weighted by molar-refractivity contribution is 0.464. The summed E-state index contributed by atoms with van der Waals surface area (Å²) < 4.78 is 1.86. The van der Waals surface area contributed by atoms with Crippen molar-refractivity contribution in [2.24, 2.45) is 0 Å². The van der Waals surface area contributed by atoms with Crippen molar-refractivity contribution < 1.29 is 0 Å². The van der Waals surface area contributed by atoms with Gasteiger partial charge in [-0.2, -0.15) is 0 Å². The van der Waals surface area contributed by atoms with Gasteiger partial charge in [0.05, 0.1) is 11.0 Å². The zero-order valence-corrected chi connectivity index (χ0v) is 12.8. The van der Waals surface area contributed by atoms with Crippen LogP contribution in [0, 0.1) is 0 Å². The Morgan fingerprint density at radius 1 is 1.09 bits per heavy atom. The van der Waals surface area contributed by atoms with E-state index in [2.05, 4.69) is 25.8 Å². The number of hydrazine groups is 1. The number of anilines is 2. The number of aromatic nitrogens is 4. The summed E-state index contributed by atoms with van der Waals surface area (Å²) in [5.41, 5.74) is 14.6. The van der Waals surface area contributed by atoms with Crippen LogP contribution in [0.1, 0.15) is 20.8 Å². The molecule has 0 aliphatic rings. The predicted octanol–water partition coefficient (Wildman–Crippen LogP) is 2.11. The van der Waals surface area contributed by atoms with Gasteiger partial charge in [-0.1, -0.05) is 12.1 Å². The van der Waals surface area contributed by atoms with E-state index in [1.807, 2.05) is 49.6 Å². The second-order valence-corrected chi connectivity index (χ2v) is 6.06. The second kappa shape index (κ2) is 5.27. The van der Waals surface area contributed by atoms with Gasteiger partial charge >= 0.3 is 0 Å². The van der Waals surface area contributed by atoms with Gasteiger partial charge in [-0.15, -0.1) is 0 Å². The molecule has 0 amide bonds. The molecule has 7 heteroatoms. The summed E-state index contributed by atoms with van der Waals surface area (Å²) in [7, 11) is 0. The van der Waals surface area contributed by atoms with E-state index < -0.39 is 0 Å². The molecular weight excluding hydrogens is 278 g/mol. The maximum absolute atomic E-state index is 6.22. The first-order valence-electron chi connectivity index (χ1n) is 7.02. The molecule has 0 spiro atoms. The van der Waals surface area contributed by atoms with Crippen LogP contribution in [-0.2, 0) is 0 Å². The Balaban J connectivity index is 2.01. The van der Waals surface area contributed by atoms with E-state index in [4.69, 9.17) is 5.73 Å². The third kappa shape index (κ3) is 2.71. The van der Waals surface area contributed by atoms with E-state index in [0.29, 0.717) is 17.3 Å². The molecule has 0 radical (unpaired) electrons. The van der Waals surface area contributed by atoms with Crippen LogP contribution in [-0.4, -0.2) is 25.1 Å². The van der Waals surface area contributed by atoms with E-state index in [1.54, 1.807) is 6.33 Å². The molecule has 0 aliphatic carbocycles. The summed E-state index contributed by atoms with van der Waals surface area (Å²) in [6.45, 7) is 6.13. The Kier molecular flexibility index (Phi) is 3.42. The lowest BCUT2D eigenvalue weighted by atomic mass is 10.1. The molecule has 3 rings (SSSR count). The molecule has 0 fully saturated rings. The molecule has 2 aromatic heterocycles. The summed E-state index contributed by atoms with van der Waals surface area (Å²) in [5.74, 6) is 1.14. The molecule has 0 atom stereocenters. The molecule has 0 saturated carbocycles. The lowest BCUT2D eigenvalue weighted by Gasteiger charge is -2.22. The highest BCUT2D eigenvalue weighted by atomic mass is 15.4. The Morgan fingerprint density at radius 3 is 2.64 bits per heavy atom. The Morgan fingerprint density at radius 2 is 1.86 bits per heavy atom. The lowest BCUT2D eigenvalue weighted by Crippen LogP contribution is -2.40. The van der Waals surface area contributed by atoms with Crippen LogP contribution in [0.3, 0.4) is 0 Å². The van der Waals surface area contributed by atoms with Gasteiger partial charge in [0.15, 0.2) is 11.6 Å². The maximum Gasteiger partial charge on any atom is 0.169 e. The first-order valence-corrected chi connectivity index (χ1v) is 7.02. The number of imidazole rings is 1. The first-order chi connectivity index (χ1) is 10.5. The molecule has 0 saturated heterocycles. The monoisotopic (exact) mass is 297 g/mol. The summed E-state index contributed by atoms with van der Waals surface area (Å²) >= 11 is 0. The SMILES string of the molecule is CC(C)(C)NNc1ncnc(-n2cnc3ccccc32)c1N. The molecule has 0 unspecified atom stereocenters. The molecule has 114 valence electrons. The highest BCUT2D eigenvalue weighted by Gasteiger charge is 2.14. The predicted molar refractivity (Wildman–Crippen MR) is 87.6 cm³/mol. The summed E-state index contributed by atoms with van der Waals surface area (Å²) in [6, 6.07) is 7.83. The van der Waals surface area contributed by atoms with E-state index >= 15 is 0 Å². The zero-order valence-electron chi connectivity index (χ0n) is 12.8. The van der Waals surface area contributed by atoms with Crippen molar-refractivity contribution in [2.45, 2.75) is 26.3 Å². The summed E-state index contributed by atoms with van der Waals surface area (Å²) in [6.07, 6.45) is 3.19. The number of hydrogen-bond donors (Lipinski definition) is 3. The molecule has 2 heterocycles. The highest BCUT2D eigenvalue weighted by molar-refractivity contribution is 5.79. The summed E-state index contributed by atoms with van der Waals surface area (Å²) in [4.78, 5) is 12.8. The van der Waals surface area contributed by atoms with Crippen molar-refractivity contribution in [3.05, 3.63) is 36.9 Å². The number of nitrogens with zero attached hydrogens (tertiary/aromatic N) is 4. The van der Waals surface area contributed by atoms with Gasteiger partial charge < -0.3 is 11.2 Å². The van der Waals surface area contributed by atoms with Crippen LogP contribution in [0.2, 0.25) is 0 Å². The molecule has 0 bridgehead atoms. The van der Waals surface area contributed by atoms with E-state index in [1.165, 1.54) is 6.33 Å². The minimum atomic E-state index is -0.112. The van der Waals surface area contributed by atoms with Crippen LogP contribution in [0.25, 0.3) is 16.9 Å². The standard InChI is InChI=1S/C15H19N7/c1-15(2,3)21-20-13-12(16)14(18-8-17-13)22-9-19-10-6-4-5-7-11(10)22/h4-9,21H,16H2,1-3H3,(H,17,18,20). The average molecular weight is 297 g/mol. The third-order valence-electron chi connectivity index (χ3n) is 3.10. The number of para-hydroxylation sites is 2. The fraction of sp³-hybridized carbons (Fsp3) is 0.267. The van der Waals surface area contributed by atoms with Crippen LogP contribution >= 0.6 is 0 Å². The van der Waals surface area contributed by atoms with Crippen LogP contribution in [0.15, 0.2) is 36.9 Å². The largest absolute Gasteiger partial charge is 0.393 e. The van der Waals surface area contributed by atoms with Crippen LogP contribution in [0.4, 0.5) is 11.5 Å². The maximum atomic E-state index is 6.22. The minimum absolute atomic E-state index is 0.112. The van der Waals surface area contributed by atoms with Crippen LogP contribution < -0.4 is 16.6 Å². The average Bonchev–Trinajstić information content (AvgIpc) is 2.89. The number of nitrogen functional groups attached to an aromatic ring is 1. The van der Waals surface area contributed by atoms with E-state index in [9.17, 15) is 0 Å². The minimum Gasteiger partial charge on any atom is -0.393 e. The molecule has 7 nitrogen and oxygen atoms in total. The number of hydrogen-bond acceptors (Lipinski definition) is 6. The fourth-order valence-corrected chi connectivity index (χ4v) is 2.05. The number of nitrogens with two attached hydrogens (primary N) is 1. The van der Waals surface area contributed by atoms with Crippen molar-refractivity contribution in [2.75, 3.05) is 11.2 Å². The number of benzene rings is 1. The van der Waals surface area contributed by atoms with Crippen molar-refractivity contribution >= 4 is 22.5 Å². The number of nitrogens with one attached hydrogen (secondary N) is 2. The molecule has 22 heavy (non-hydrogen) atoms. The molecule has 0 aliphatic heterocycles. The quantitative estimate of drug-likeness (QED) is 0.641. The van der Waals surface area contributed by atoms with Crippen molar-refractivity contribution in [1.82, 2.24) is 24.9 Å². The van der Waals surface area contributed by atoms with E-state index in [-0.39, 0.29) is 5.54 Å². The normalized spacial score (nSPS) is 11.8. The topological polar surface area (TPSA) is 93.7 Å². The highest BCUT2D eigenvalue weighted by Crippen LogP contribution is 2.24. The number of rotatable bonds is 3.